The molecule has 2 N–H and O–H groups in total. The second-order valence-corrected chi connectivity index (χ2v) is 6.07. The number of nitrogens with zero attached hydrogens (tertiary/aromatic N) is 1. The molecule has 128 valence electrons. The van der Waals surface area contributed by atoms with Crippen LogP contribution in [0.4, 0.5) is 14.9 Å². The Morgan fingerprint density at radius 3 is 2.70 bits per heavy atom. The van der Waals surface area contributed by atoms with E-state index in [0.717, 1.165) is 13.1 Å². The van der Waals surface area contributed by atoms with Gasteiger partial charge in [0.15, 0.2) is 11.6 Å². The fourth-order valence-corrected chi connectivity index (χ4v) is 2.50. The van der Waals surface area contributed by atoms with Gasteiger partial charge in [0.1, 0.15) is 0 Å². The Morgan fingerprint density at radius 1 is 1.39 bits per heavy atom. The quantitative estimate of drug-likeness (QED) is 0.870. The van der Waals surface area contributed by atoms with Crippen molar-refractivity contribution in [3.63, 3.8) is 0 Å². The number of hydrogen-bond acceptors (Lipinski definition) is 4. The van der Waals surface area contributed by atoms with Gasteiger partial charge in [0, 0.05) is 36.9 Å². The number of halogens is 1. The van der Waals surface area contributed by atoms with Crippen LogP contribution in [0.15, 0.2) is 18.2 Å². The molecule has 1 fully saturated rings. The van der Waals surface area contributed by atoms with E-state index in [-0.39, 0.29) is 17.3 Å². The molecule has 0 spiro atoms. The van der Waals surface area contributed by atoms with Gasteiger partial charge in [0.05, 0.1) is 20.3 Å². The maximum Gasteiger partial charge on any atom is 0.319 e. The van der Waals surface area contributed by atoms with Gasteiger partial charge in [-0.15, -0.1) is 0 Å². The number of ether oxygens (including phenoxy) is 2. The second-order valence-electron chi connectivity index (χ2n) is 6.07. The van der Waals surface area contributed by atoms with Crippen LogP contribution in [-0.4, -0.2) is 56.4 Å². The van der Waals surface area contributed by atoms with Crippen molar-refractivity contribution in [1.82, 2.24) is 10.2 Å². The summed E-state index contributed by atoms with van der Waals surface area (Å²) in [6.07, 6.45) is 0. The van der Waals surface area contributed by atoms with Crippen molar-refractivity contribution in [2.45, 2.75) is 19.4 Å². The molecule has 0 aromatic heterocycles. The summed E-state index contributed by atoms with van der Waals surface area (Å²) in [7, 11) is 1.39. The van der Waals surface area contributed by atoms with Crippen LogP contribution in [0.1, 0.15) is 13.8 Å². The maximum atomic E-state index is 13.6. The van der Waals surface area contributed by atoms with Gasteiger partial charge in [0.2, 0.25) is 0 Å². The Balaban J connectivity index is 1.85. The van der Waals surface area contributed by atoms with Crippen LogP contribution < -0.4 is 15.4 Å². The molecule has 1 aromatic rings. The van der Waals surface area contributed by atoms with Crippen LogP contribution >= 0.6 is 0 Å². The third-order valence-corrected chi connectivity index (χ3v) is 3.96. The summed E-state index contributed by atoms with van der Waals surface area (Å²) in [5.74, 6) is -0.372. The number of carbonyl (C=O) groups is 1. The van der Waals surface area contributed by atoms with Crippen molar-refractivity contribution < 1.29 is 18.7 Å². The lowest BCUT2D eigenvalue weighted by Crippen LogP contribution is -2.55. The van der Waals surface area contributed by atoms with Crippen LogP contribution in [0, 0.1) is 5.82 Å². The number of benzene rings is 1. The summed E-state index contributed by atoms with van der Waals surface area (Å²) in [6.45, 7) is 7.75. The fraction of sp³-hybridized carbons (Fsp3) is 0.562. The number of rotatable bonds is 5. The molecule has 6 nitrogen and oxygen atoms in total. The van der Waals surface area contributed by atoms with E-state index in [1.54, 1.807) is 6.07 Å². The largest absolute Gasteiger partial charge is 0.494 e. The summed E-state index contributed by atoms with van der Waals surface area (Å²) in [6, 6.07) is 3.93. The van der Waals surface area contributed by atoms with Crippen molar-refractivity contribution in [3.05, 3.63) is 24.0 Å². The lowest BCUT2D eigenvalue weighted by Gasteiger charge is -2.40. The van der Waals surface area contributed by atoms with Crippen LogP contribution in [0.3, 0.4) is 0 Å². The van der Waals surface area contributed by atoms with Gasteiger partial charge in [-0.1, -0.05) is 0 Å². The molecule has 0 atom stereocenters. The lowest BCUT2D eigenvalue weighted by atomic mass is 10.0. The first-order chi connectivity index (χ1) is 10.9. The average molecular weight is 325 g/mol. The number of anilines is 1. The molecular formula is C16H24FN3O3. The molecule has 7 heteroatoms. The van der Waals surface area contributed by atoms with Gasteiger partial charge in [-0.3, -0.25) is 4.90 Å². The summed E-state index contributed by atoms with van der Waals surface area (Å²) >= 11 is 0. The normalized spacial score (nSPS) is 16.0. The average Bonchev–Trinajstić information content (AvgIpc) is 2.54. The van der Waals surface area contributed by atoms with Gasteiger partial charge >= 0.3 is 6.03 Å². The lowest BCUT2D eigenvalue weighted by molar-refractivity contribution is -0.00863. The molecule has 1 heterocycles. The number of hydrogen-bond donors (Lipinski definition) is 2. The highest BCUT2D eigenvalue weighted by atomic mass is 19.1. The molecule has 1 aliphatic rings. The maximum absolute atomic E-state index is 13.6. The number of amides is 2. The highest BCUT2D eigenvalue weighted by Gasteiger charge is 2.28. The minimum Gasteiger partial charge on any atom is -0.494 e. The summed E-state index contributed by atoms with van der Waals surface area (Å²) < 4.78 is 23.8. The smallest absolute Gasteiger partial charge is 0.319 e. The number of carbonyl (C=O) groups excluding carboxylic acids is 1. The zero-order valence-corrected chi connectivity index (χ0v) is 13.8. The van der Waals surface area contributed by atoms with Gasteiger partial charge < -0.3 is 20.1 Å². The number of morpholine rings is 1. The van der Waals surface area contributed by atoms with Crippen molar-refractivity contribution in [2.24, 2.45) is 0 Å². The van der Waals surface area contributed by atoms with E-state index in [1.807, 2.05) is 0 Å². The van der Waals surface area contributed by atoms with Crippen LogP contribution in [0.25, 0.3) is 0 Å². The molecule has 1 aromatic carbocycles. The van der Waals surface area contributed by atoms with Gasteiger partial charge in [-0.2, -0.15) is 0 Å². The Morgan fingerprint density at radius 2 is 2.09 bits per heavy atom. The zero-order valence-electron chi connectivity index (χ0n) is 13.8. The topological polar surface area (TPSA) is 62.8 Å². The summed E-state index contributed by atoms with van der Waals surface area (Å²) in [5.41, 5.74) is 0.205. The van der Waals surface area contributed by atoms with E-state index in [4.69, 9.17) is 9.47 Å². The summed E-state index contributed by atoms with van der Waals surface area (Å²) in [4.78, 5) is 14.3. The molecule has 0 aliphatic carbocycles. The van der Waals surface area contributed by atoms with E-state index < -0.39 is 5.82 Å². The van der Waals surface area contributed by atoms with E-state index in [9.17, 15) is 9.18 Å². The molecule has 1 aliphatic heterocycles. The fourth-order valence-electron chi connectivity index (χ4n) is 2.50. The van der Waals surface area contributed by atoms with Crippen molar-refractivity contribution >= 4 is 11.7 Å². The molecule has 0 saturated carbocycles. The molecule has 0 bridgehead atoms. The van der Waals surface area contributed by atoms with Gasteiger partial charge in [0.25, 0.3) is 0 Å². The minimum atomic E-state index is -0.515. The highest BCUT2D eigenvalue weighted by molar-refractivity contribution is 5.89. The summed E-state index contributed by atoms with van der Waals surface area (Å²) in [5, 5.41) is 5.45. The second kappa shape index (κ2) is 7.61. The molecule has 2 rings (SSSR count). The molecule has 1 saturated heterocycles. The third-order valence-electron chi connectivity index (χ3n) is 3.96. The van der Waals surface area contributed by atoms with E-state index in [2.05, 4.69) is 29.4 Å². The van der Waals surface area contributed by atoms with Crippen molar-refractivity contribution in [2.75, 3.05) is 45.3 Å². The molecular weight excluding hydrogens is 301 g/mol. The number of methoxy groups -OCH3 is 1. The van der Waals surface area contributed by atoms with E-state index in [0.29, 0.717) is 25.4 Å². The van der Waals surface area contributed by atoms with Gasteiger partial charge in [-0.25, -0.2) is 9.18 Å². The van der Waals surface area contributed by atoms with E-state index >= 15 is 0 Å². The predicted octanol–water partition coefficient (Wildman–Crippen LogP) is 2.07. The first-order valence-electron chi connectivity index (χ1n) is 7.63. The standard InChI is InChI=1S/C16H24FN3O3/c1-16(2,20-6-8-23-9-7-20)11-18-15(21)19-12-4-5-14(22-3)13(17)10-12/h4-5,10H,6-9,11H2,1-3H3,(H2,18,19,21). The van der Waals surface area contributed by atoms with Crippen molar-refractivity contribution in [1.29, 1.82) is 0 Å². The SMILES string of the molecule is COc1ccc(NC(=O)NCC(C)(C)N2CCOCC2)cc1F. The van der Waals surface area contributed by atoms with E-state index in [1.165, 1.54) is 19.2 Å². The highest BCUT2D eigenvalue weighted by Crippen LogP contribution is 2.20. The Labute approximate surface area is 135 Å². The molecule has 23 heavy (non-hydrogen) atoms. The molecule has 0 radical (unpaired) electrons. The van der Waals surface area contributed by atoms with Crippen LogP contribution in [0.2, 0.25) is 0 Å². The zero-order chi connectivity index (χ0) is 16.9. The Bertz CT molecular complexity index is 545. The Kier molecular flexibility index (Phi) is 5.79. The monoisotopic (exact) mass is 325 g/mol. The van der Waals surface area contributed by atoms with Crippen molar-refractivity contribution in [3.8, 4) is 5.75 Å². The number of urea groups is 1. The van der Waals surface area contributed by atoms with Crippen LogP contribution in [-0.2, 0) is 4.74 Å². The molecule has 2 amide bonds. The minimum absolute atomic E-state index is 0.143. The number of nitrogens with one attached hydrogen (secondary N) is 2. The predicted molar refractivity (Wildman–Crippen MR) is 86.4 cm³/mol. The first-order valence-corrected chi connectivity index (χ1v) is 7.63. The van der Waals surface area contributed by atoms with Gasteiger partial charge in [-0.05, 0) is 26.0 Å². The molecule has 0 unspecified atom stereocenters. The first kappa shape index (κ1) is 17.5. The Hall–Kier alpha value is -1.86. The third kappa shape index (κ3) is 4.80. The van der Waals surface area contributed by atoms with Crippen LogP contribution in [0.5, 0.6) is 5.75 Å².